The van der Waals surface area contributed by atoms with Crippen LogP contribution < -0.4 is 5.73 Å². The Morgan fingerprint density at radius 3 is 2.42 bits per heavy atom. The van der Waals surface area contributed by atoms with Crippen molar-refractivity contribution < 1.29 is 4.79 Å². The summed E-state index contributed by atoms with van der Waals surface area (Å²) >= 11 is 0. The van der Waals surface area contributed by atoms with Crippen LogP contribution in [0.1, 0.15) is 15.9 Å². The molecule has 0 unspecified atom stereocenters. The molecule has 1 rings (SSSR count). The molecule has 0 aliphatic heterocycles. The standard InChI is InChI=1S/C9H8N2O/c10-5-7-1-3-8(4-2-7)9(12)6-11/h1-4H,6,11H2. The van der Waals surface area contributed by atoms with E-state index in [4.69, 9.17) is 11.0 Å². The van der Waals surface area contributed by atoms with Crippen molar-refractivity contribution in [3.05, 3.63) is 35.4 Å². The van der Waals surface area contributed by atoms with Gasteiger partial charge < -0.3 is 5.73 Å². The first-order valence-electron chi connectivity index (χ1n) is 3.51. The minimum absolute atomic E-state index is 0.00585. The fourth-order valence-corrected chi connectivity index (χ4v) is 0.849. The van der Waals surface area contributed by atoms with Crippen molar-refractivity contribution in [2.45, 2.75) is 0 Å². The normalized spacial score (nSPS) is 9.00. The van der Waals surface area contributed by atoms with E-state index in [1.165, 1.54) is 0 Å². The van der Waals surface area contributed by atoms with Gasteiger partial charge in [-0.05, 0) is 12.1 Å². The summed E-state index contributed by atoms with van der Waals surface area (Å²) in [5.74, 6) is -0.112. The fourth-order valence-electron chi connectivity index (χ4n) is 0.849. The molecular formula is C9H8N2O. The van der Waals surface area contributed by atoms with Gasteiger partial charge in [0, 0.05) is 5.56 Å². The van der Waals surface area contributed by atoms with Crippen LogP contribution in [0.2, 0.25) is 0 Å². The van der Waals surface area contributed by atoms with E-state index in [0.29, 0.717) is 11.1 Å². The van der Waals surface area contributed by atoms with Crippen LogP contribution >= 0.6 is 0 Å². The molecule has 0 aliphatic rings. The summed E-state index contributed by atoms with van der Waals surface area (Å²) in [5, 5.41) is 8.46. The highest BCUT2D eigenvalue weighted by Crippen LogP contribution is 2.03. The smallest absolute Gasteiger partial charge is 0.176 e. The lowest BCUT2D eigenvalue weighted by Gasteiger charge is -1.95. The third-order valence-corrected chi connectivity index (χ3v) is 1.52. The Labute approximate surface area is 70.4 Å². The third kappa shape index (κ3) is 1.68. The molecule has 0 amide bonds. The Kier molecular flexibility index (Phi) is 2.57. The fraction of sp³-hybridized carbons (Fsp3) is 0.111. The molecule has 0 saturated heterocycles. The highest BCUT2D eigenvalue weighted by molar-refractivity contribution is 5.97. The molecule has 0 spiro atoms. The molecule has 1 aromatic rings. The number of hydrogen-bond donors (Lipinski definition) is 1. The summed E-state index contributed by atoms with van der Waals surface area (Å²) in [6.07, 6.45) is 0. The molecule has 3 nitrogen and oxygen atoms in total. The van der Waals surface area contributed by atoms with Crippen molar-refractivity contribution in [1.82, 2.24) is 0 Å². The minimum atomic E-state index is -0.112. The van der Waals surface area contributed by atoms with Gasteiger partial charge in [-0.15, -0.1) is 0 Å². The molecule has 12 heavy (non-hydrogen) atoms. The highest BCUT2D eigenvalue weighted by atomic mass is 16.1. The van der Waals surface area contributed by atoms with Crippen LogP contribution in [-0.2, 0) is 0 Å². The monoisotopic (exact) mass is 160 g/mol. The zero-order valence-corrected chi connectivity index (χ0v) is 6.45. The average molecular weight is 160 g/mol. The predicted octanol–water partition coefficient (Wildman–Crippen LogP) is 0.700. The maximum Gasteiger partial charge on any atom is 0.176 e. The van der Waals surface area contributed by atoms with Gasteiger partial charge in [-0.3, -0.25) is 4.79 Å². The molecule has 0 heterocycles. The maximum absolute atomic E-state index is 11.0. The number of ketones is 1. The van der Waals surface area contributed by atoms with E-state index in [0.717, 1.165) is 0 Å². The van der Waals surface area contributed by atoms with Crippen LogP contribution in [0.4, 0.5) is 0 Å². The Bertz CT molecular complexity index is 321. The maximum atomic E-state index is 11.0. The van der Waals surface area contributed by atoms with Gasteiger partial charge in [0.25, 0.3) is 0 Å². The number of nitriles is 1. The second-order valence-corrected chi connectivity index (χ2v) is 2.32. The molecule has 1 aromatic carbocycles. The number of rotatable bonds is 2. The number of nitrogens with zero attached hydrogens (tertiary/aromatic N) is 1. The second kappa shape index (κ2) is 3.65. The van der Waals surface area contributed by atoms with Crippen LogP contribution in [0.25, 0.3) is 0 Å². The van der Waals surface area contributed by atoms with Crippen molar-refractivity contribution in [3.8, 4) is 6.07 Å². The van der Waals surface area contributed by atoms with Crippen LogP contribution in [0.3, 0.4) is 0 Å². The third-order valence-electron chi connectivity index (χ3n) is 1.52. The lowest BCUT2D eigenvalue weighted by Crippen LogP contribution is -2.13. The van der Waals surface area contributed by atoms with Crippen molar-refractivity contribution in [3.63, 3.8) is 0 Å². The van der Waals surface area contributed by atoms with Gasteiger partial charge in [-0.2, -0.15) is 5.26 Å². The number of carbonyl (C=O) groups is 1. The summed E-state index contributed by atoms with van der Waals surface area (Å²) in [7, 11) is 0. The molecule has 60 valence electrons. The van der Waals surface area contributed by atoms with Gasteiger partial charge in [0.2, 0.25) is 0 Å². The minimum Gasteiger partial charge on any atom is -0.324 e. The zero-order valence-electron chi connectivity index (χ0n) is 6.45. The van der Waals surface area contributed by atoms with Gasteiger partial charge in [0.1, 0.15) is 0 Å². The van der Waals surface area contributed by atoms with E-state index in [9.17, 15) is 4.79 Å². The van der Waals surface area contributed by atoms with Gasteiger partial charge in [0.05, 0.1) is 18.2 Å². The van der Waals surface area contributed by atoms with Gasteiger partial charge in [0.15, 0.2) is 5.78 Å². The molecule has 0 fully saturated rings. The molecular weight excluding hydrogens is 152 g/mol. The van der Waals surface area contributed by atoms with E-state index in [2.05, 4.69) is 0 Å². The van der Waals surface area contributed by atoms with E-state index in [-0.39, 0.29) is 12.3 Å². The summed E-state index contributed by atoms with van der Waals surface area (Å²) in [4.78, 5) is 11.0. The van der Waals surface area contributed by atoms with Gasteiger partial charge in [-0.1, -0.05) is 12.1 Å². The van der Waals surface area contributed by atoms with Crippen LogP contribution in [0.5, 0.6) is 0 Å². The van der Waals surface area contributed by atoms with E-state index >= 15 is 0 Å². The molecule has 0 aromatic heterocycles. The Morgan fingerprint density at radius 1 is 1.42 bits per heavy atom. The SMILES string of the molecule is N#Cc1ccc(C(=O)CN)cc1. The molecule has 0 atom stereocenters. The summed E-state index contributed by atoms with van der Waals surface area (Å²) in [6.45, 7) is 0.00585. The highest BCUT2D eigenvalue weighted by Gasteiger charge is 2.01. The summed E-state index contributed by atoms with van der Waals surface area (Å²) in [6, 6.07) is 8.38. The number of hydrogen-bond acceptors (Lipinski definition) is 3. The average Bonchev–Trinajstić information content (AvgIpc) is 2.17. The Balaban J connectivity index is 2.94. The van der Waals surface area contributed by atoms with Crippen LogP contribution in [-0.4, -0.2) is 12.3 Å². The molecule has 0 aliphatic carbocycles. The Hall–Kier alpha value is -1.66. The molecule has 0 radical (unpaired) electrons. The summed E-state index contributed by atoms with van der Waals surface area (Å²) in [5.41, 5.74) is 6.26. The number of nitrogens with two attached hydrogens (primary N) is 1. The first-order valence-corrected chi connectivity index (χ1v) is 3.51. The van der Waals surface area contributed by atoms with Crippen molar-refractivity contribution in [2.75, 3.05) is 6.54 Å². The van der Waals surface area contributed by atoms with E-state index < -0.39 is 0 Å². The summed E-state index contributed by atoms with van der Waals surface area (Å²) < 4.78 is 0. The first-order chi connectivity index (χ1) is 5.77. The number of benzene rings is 1. The van der Waals surface area contributed by atoms with E-state index in [1.807, 2.05) is 6.07 Å². The zero-order chi connectivity index (χ0) is 8.97. The van der Waals surface area contributed by atoms with Crippen molar-refractivity contribution >= 4 is 5.78 Å². The van der Waals surface area contributed by atoms with Crippen molar-refractivity contribution in [2.24, 2.45) is 5.73 Å². The topological polar surface area (TPSA) is 66.9 Å². The van der Waals surface area contributed by atoms with Gasteiger partial charge in [-0.25, -0.2) is 0 Å². The Morgan fingerprint density at radius 2 is 2.00 bits per heavy atom. The largest absolute Gasteiger partial charge is 0.324 e. The van der Waals surface area contributed by atoms with Gasteiger partial charge >= 0.3 is 0 Å². The van der Waals surface area contributed by atoms with E-state index in [1.54, 1.807) is 24.3 Å². The molecule has 0 bridgehead atoms. The van der Waals surface area contributed by atoms with Crippen molar-refractivity contribution in [1.29, 1.82) is 5.26 Å². The lowest BCUT2D eigenvalue weighted by molar-refractivity contribution is 0.100. The number of Topliss-reactive ketones (excluding diaryl/α,β-unsaturated/α-hetero) is 1. The van der Waals surface area contributed by atoms with Crippen LogP contribution in [0, 0.1) is 11.3 Å². The first kappa shape index (κ1) is 8.44. The predicted molar refractivity (Wildman–Crippen MR) is 44.5 cm³/mol. The molecule has 2 N–H and O–H groups in total. The molecule has 3 heteroatoms. The lowest BCUT2D eigenvalue weighted by atomic mass is 10.1. The second-order valence-electron chi connectivity index (χ2n) is 2.32. The molecule has 0 saturated carbocycles. The van der Waals surface area contributed by atoms with Crippen LogP contribution in [0.15, 0.2) is 24.3 Å². The quantitative estimate of drug-likeness (QED) is 0.647. The number of carbonyl (C=O) groups excluding carboxylic acids is 1.